The molecule has 116 valence electrons. The van der Waals surface area contributed by atoms with E-state index >= 15 is 0 Å². The lowest BCUT2D eigenvalue weighted by Gasteiger charge is -2.19. The maximum atomic E-state index is 13.9. The number of halogens is 1. The molecule has 6 nitrogen and oxygen atoms in total. The number of aliphatic hydroxyl groups excluding tert-OH is 1. The summed E-state index contributed by atoms with van der Waals surface area (Å²) in [7, 11) is 1.31. The van der Waals surface area contributed by atoms with E-state index in [1.54, 1.807) is 0 Å². The van der Waals surface area contributed by atoms with Gasteiger partial charge in [0.2, 0.25) is 0 Å². The SMILES string of the molecule is COc1cc(NCC2CCCC2CO)c(F)cc1[N+](=O)[O-]. The molecular weight excluding hydrogens is 279 g/mol. The lowest BCUT2D eigenvalue weighted by molar-refractivity contribution is -0.385. The summed E-state index contributed by atoms with van der Waals surface area (Å²) < 4.78 is 18.8. The molecule has 0 aliphatic heterocycles. The molecular formula is C14H19FN2O4. The highest BCUT2D eigenvalue weighted by Crippen LogP contribution is 2.34. The van der Waals surface area contributed by atoms with Gasteiger partial charge in [-0.2, -0.15) is 0 Å². The molecule has 1 fully saturated rings. The van der Waals surface area contributed by atoms with Gasteiger partial charge in [0.15, 0.2) is 11.6 Å². The van der Waals surface area contributed by atoms with Gasteiger partial charge in [0.05, 0.1) is 23.8 Å². The molecule has 1 aromatic rings. The predicted molar refractivity (Wildman–Crippen MR) is 76.0 cm³/mol. The number of nitrogens with zero attached hydrogens (tertiary/aromatic N) is 1. The van der Waals surface area contributed by atoms with Crippen LogP contribution in [0.2, 0.25) is 0 Å². The highest BCUT2D eigenvalue weighted by atomic mass is 19.1. The van der Waals surface area contributed by atoms with Crippen LogP contribution in [0, 0.1) is 27.8 Å². The summed E-state index contributed by atoms with van der Waals surface area (Å²) in [6, 6.07) is 2.16. The van der Waals surface area contributed by atoms with Crippen LogP contribution in [0.25, 0.3) is 0 Å². The van der Waals surface area contributed by atoms with E-state index in [2.05, 4.69) is 5.32 Å². The van der Waals surface area contributed by atoms with Crippen LogP contribution in [0.3, 0.4) is 0 Å². The van der Waals surface area contributed by atoms with Crippen LogP contribution in [0.4, 0.5) is 15.8 Å². The van der Waals surface area contributed by atoms with Crippen LogP contribution in [0.5, 0.6) is 5.75 Å². The molecule has 2 unspecified atom stereocenters. The molecule has 21 heavy (non-hydrogen) atoms. The van der Waals surface area contributed by atoms with E-state index in [0.717, 1.165) is 25.3 Å². The summed E-state index contributed by atoms with van der Waals surface area (Å²) in [5, 5.41) is 23.0. The summed E-state index contributed by atoms with van der Waals surface area (Å²) in [5.41, 5.74) is -0.212. The monoisotopic (exact) mass is 298 g/mol. The average Bonchev–Trinajstić information content (AvgIpc) is 2.93. The highest BCUT2D eigenvalue weighted by molar-refractivity contribution is 5.59. The van der Waals surface area contributed by atoms with Crippen molar-refractivity contribution in [1.82, 2.24) is 0 Å². The van der Waals surface area contributed by atoms with E-state index in [1.807, 2.05) is 0 Å². The molecule has 2 rings (SSSR count). The average molecular weight is 298 g/mol. The first kappa shape index (κ1) is 15.5. The van der Waals surface area contributed by atoms with E-state index < -0.39 is 16.4 Å². The molecule has 1 aliphatic carbocycles. The highest BCUT2D eigenvalue weighted by Gasteiger charge is 2.27. The molecule has 1 aromatic carbocycles. The number of nitro groups is 1. The number of anilines is 1. The minimum absolute atomic E-state index is 0.0223. The number of ether oxygens (including phenoxy) is 1. The first-order valence-electron chi connectivity index (χ1n) is 6.93. The van der Waals surface area contributed by atoms with Crippen molar-refractivity contribution in [2.45, 2.75) is 19.3 Å². The molecule has 7 heteroatoms. The molecule has 1 saturated carbocycles. The van der Waals surface area contributed by atoms with Crippen LogP contribution in [-0.4, -0.2) is 30.3 Å². The van der Waals surface area contributed by atoms with Crippen molar-refractivity contribution in [3.63, 3.8) is 0 Å². The fraction of sp³-hybridized carbons (Fsp3) is 0.571. The largest absolute Gasteiger partial charge is 0.490 e. The fourth-order valence-electron chi connectivity index (χ4n) is 2.85. The number of nitrogens with one attached hydrogen (secondary N) is 1. The summed E-state index contributed by atoms with van der Waals surface area (Å²) in [5.74, 6) is -0.133. The number of hydrogen-bond acceptors (Lipinski definition) is 5. The Kier molecular flexibility index (Phi) is 4.95. The van der Waals surface area contributed by atoms with E-state index in [1.165, 1.54) is 13.2 Å². The quantitative estimate of drug-likeness (QED) is 0.623. The zero-order chi connectivity index (χ0) is 15.4. The van der Waals surface area contributed by atoms with Gasteiger partial charge in [0, 0.05) is 19.2 Å². The second kappa shape index (κ2) is 6.71. The van der Waals surface area contributed by atoms with Crippen LogP contribution in [-0.2, 0) is 0 Å². The van der Waals surface area contributed by atoms with Crippen molar-refractivity contribution >= 4 is 11.4 Å². The van der Waals surface area contributed by atoms with Gasteiger partial charge in [0.25, 0.3) is 0 Å². The number of aliphatic hydroxyl groups is 1. The minimum atomic E-state index is -0.680. The fourth-order valence-corrected chi connectivity index (χ4v) is 2.85. The van der Waals surface area contributed by atoms with Crippen molar-refractivity contribution in [3.8, 4) is 5.75 Å². The molecule has 2 N–H and O–H groups in total. The van der Waals surface area contributed by atoms with Crippen LogP contribution in [0.15, 0.2) is 12.1 Å². The van der Waals surface area contributed by atoms with Crippen LogP contribution < -0.4 is 10.1 Å². The molecule has 1 aliphatic rings. The Morgan fingerprint density at radius 1 is 1.48 bits per heavy atom. The standard InChI is InChI=1S/C14H19FN2O4/c1-21-14-6-12(11(15)5-13(14)17(19)20)16-7-9-3-2-4-10(9)8-18/h5-6,9-10,16,18H,2-4,7-8H2,1H3. The third-order valence-electron chi connectivity index (χ3n) is 4.07. The maximum Gasteiger partial charge on any atom is 0.313 e. The second-order valence-corrected chi connectivity index (χ2v) is 5.28. The van der Waals surface area contributed by atoms with Crippen molar-refractivity contribution in [2.75, 3.05) is 25.6 Å². The number of hydrogen-bond donors (Lipinski definition) is 2. The van der Waals surface area contributed by atoms with Gasteiger partial charge >= 0.3 is 5.69 Å². The van der Waals surface area contributed by atoms with Gasteiger partial charge in [-0.05, 0) is 24.7 Å². The Bertz CT molecular complexity index is 524. The maximum absolute atomic E-state index is 13.9. The van der Waals surface area contributed by atoms with Gasteiger partial charge in [0.1, 0.15) is 0 Å². The lowest BCUT2D eigenvalue weighted by atomic mass is 9.97. The Morgan fingerprint density at radius 2 is 2.19 bits per heavy atom. The van der Waals surface area contributed by atoms with Crippen molar-refractivity contribution < 1.29 is 19.2 Å². The first-order valence-corrected chi connectivity index (χ1v) is 6.93. The van der Waals surface area contributed by atoms with Crippen molar-refractivity contribution in [2.24, 2.45) is 11.8 Å². The van der Waals surface area contributed by atoms with Crippen LogP contribution >= 0.6 is 0 Å². The third kappa shape index (κ3) is 3.41. The smallest absolute Gasteiger partial charge is 0.313 e. The predicted octanol–water partition coefficient (Wildman–Crippen LogP) is 2.56. The van der Waals surface area contributed by atoms with Crippen molar-refractivity contribution in [3.05, 3.63) is 28.1 Å². The van der Waals surface area contributed by atoms with E-state index in [-0.39, 0.29) is 29.9 Å². The summed E-state index contributed by atoms with van der Waals surface area (Å²) in [6.07, 6.45) is 3.03. The number of nitro benzene ring substituents is 1. The first-order chi connectivity index (χ1) is 10.1. The molecule has 0 heterocycles. The zero-order valence-electron chi connectivity index (χ0n) is 11.8. The van der Waals surface area contributed by atoms with Gasteiger partial charge < -0.3 is 15.2 Å². The van der Waals surface area contributed by atoms with Gasteiger partial charge in [-0.1, -0.05) is 6.42 Å². The normalized spacial score (nSPS) is 21.3. The van der Waals surface area contributed by atoms with Gasteiger partial charge in [-0.25, -0.2) is 4.39 Å². The Morgan fingerprint density at radius 3 is 2.81 bits per heavy atom. The number of benzene rings is 1. The van der Waals surface area contributed by atoms with E-state index in [9.17, 15) is 19.6 Å². The summed E-state index contributed by atoms with van der Waals surface area (Å²) >= 11 is 0. The van der Waals surface area contributed by atoms with E-state index in [4.69, 9.17) is 4.74 Å². The van der Waals surface area contributed by atoms with Gasteiger partial charge in [-0.15, -0.1) is 0 Å². The second-order valence-electron chi connectivity index (χ2n) is 5.28. The molecule has 0 spiro atoms. The van der Waals surface area contributed by atoms with Gasteiger partial charge in [-0.3, -0.25) is 10.1 Å². The van der Waals surface area contributed by atoms with E-state index in [0.29, 0.717) is 6.54 Å². The molecule has 0 bridgehead atoms. The third-order valence-corrected chi connectivity index (χ3v) is 4.07. The lowest BCUT2D eigenvalue weighted by Crippen LogP contribution is -2.21. The molecule has 0 aromatic heterocycles. The Labute approximate surface area is 122 Å². The molecule has 2 atom stereocenters. The molecule has 0 amide bonds. The Balaban J connectivity index is 2.11. The molecule has 0 radical (unpaired) electrons. The van der Waals surface area contributed by atoms with Crippen molar-refractivity contribution in [1.29, 1.82) is 0 Å². The van der Waals surface area contributed by atoms with Crippen LogP contribution in [0.1, 0.15) is 19.3 Å². The Hall–Kier alpha value is -1.89. The summed E-state index contributed by atoms with van der Waals surface area (Å²) in [4.78, 5) is 10.1. The topological polar surface area (TPSA) is 84.6 Å². The number of methoxy groups -OCH3 is 1. The zero-order valence-corrected chi connectivity index (χ0v) is 11.8. The number of rotatable bonds is 6. The molecule has 0 saturated heterocycles. The minimum Gasteiger partial charge on any atom is -0.490 e. The summed E-state index contributed by atoms with van der Waals surface area (Å²) in [6.45, 7) is 0.668.